The third-order valence-corrected chi connectivity index (χ3v) is 7.19. The van der Waals surface area contributed by atoms with E-state index in [1.807, 2.05) is 30.3 Å². The molecule has 6 heteroatoms. The number of nitrogens with one attached hydrogen (secondary N) is 1. The Morgan fingerprint density at radius 1 is 1.09 bits per heavy atom. The van der Waals surface area contributed by atoms with Crippen LogP contribution in [0.4, 0.5) is 11.5 Å². The van der Waals surface area contributed by atoms with Gasteiger partial charge in [-0.15, -0.1) is 0 Å². The lowest BCUT2D eigenvalue weighted by atomic mass is 9.73. The molecule has 1 aliphatic carbocycles. The Kier molecular flexibility index (Phi) is 6.48. The largest absolute Gasteiger partial charge is 0.390 e. The first-order chi connectivity index (χ1) is 16.7. The van der Waals surface area contributed by atoms with Gasteiger partial charge < -0.3 is 21.1 Å². The minimum Gasteiger partial charge on any atom is -0.390 e. The average Bonchev–Trinajstić information content (AvgIpc) is 3.16. The highest BCUT2D eigenvalue weighted by molar-refractivity contribution is 5.47. The molecule has 1 aromatic heterocycles. The first-order valence-electron chi connectivity index (χ1n) is 12.0. The van der Waals surface area contributed by atoms with Crippen molar-refractivity contribution in [2.24, 2.45) is 11.1 Å². The average molecular weight is 454 g/mol. The van der Waals surface area contributed by atoms with E-state index in [1.165, 1.54) is 11.1 Å². The van der Waals surface area contributed by atoms with E-state index in [0.29, 0.717) is 17.8 Å². The maximum absolute atomic E-state index is 9.97. The predicted molar refractivity (Wildman–Crippen MR) is 135 cm³/mol. The number of benzene rings is 2. The molecular formula is C28H31N5O. The Hall–Kier alpha value is -3.40. The fourth-order valence-corrected chi connectivity index (χ4v) is 5.30. The monoisotopic (exact) mass is 453 g/mol. The van der Waals surface area contributed by atoms with Crippen LogP contribution in [0, 0.1) is 17.3 Å². The molecule has 1 saturated heterocycles. The summed E-state index contributed by atoms with van der Waals surface area (Å²) >= 11 is 0. The topological polar surface area (TPSA) is 87.3 Å². The number of aromatic nitrogens is 2. The zero-order chi connectivity index (χ0) is 23.4. The summed E-state index contributed by atoms with van der Waals surface area (Å²) in [6.07, 6.45) is 5.47. The molecular weight excluding hydrogens is 422 g/mol. The van der Waals surface area contributed by atoms with Crippen LogP contribution >= 0.6 is 0 Å². The molecule has 1 aliphatic heterocycles. The molecule has 3 aromatic rings. The first kappa shape index (κ1) is 22.4. The fourth-order valence-electron chi connectivity index (χ4n) is 5.30. The first-order valence-corrected chi connectivity index (χ1v) is 12.0. The molecule has 1 spiro atoms. The van der Waals surface area contributed by atoms with Crippen LogP contribution in [0.2, 0.25) is 0 Å². The fraction of sp³-hybridized carbons (Fsp3) is 0.357. The van der Waals surface area contributed by atoms with Crippen LogP contribution in [-0.2, 0) is 13.0 Å². The van der Waals surface area contributed by atoms with Gasteiger partial charge in [0.1, 0.15) is 11.4 Å². The smallest absolute Gasteiger partial charge is 0.152 e. The van der Waals surface area contributed by atoms with Gasteiger partial charge in [-0.05, 0) is 53.9 Å². The zero-order valence-corrected chi connectivity index (χ0v) is 19.4. The van der Waals surface area contributed by atoms with Crippen molar-refractivity contribution in [3.63, 3.8) is 0 Å². The van der Waals surface area contributed by atoms with Crippen molar-refractivity contribution in [2.45, 2.75) is 38.3 Å². The standard InChI is InChI=1S/C28H31N5O/c29-26-24-12-5-4-8-21(24)18-28(26)13-16-33(17-14-28)27-25(20-34)32-23(19-31-27)11-6-7-15-30-22-9-2-1-3-10-22/h1-5,8-10,12,19,26,30,34H,7,13-18,20,29H2/t26-/m1/s1. The number of aliphatic hydroxyl groups excluding tert-OH is 1. The number of nitrogens with two attached hydrogens (primary N) is 1. The van der Waals surface area contributed by atoms with E-state index in [1.54, 1.807) is 6.20 Å². The van der Waals surface area contributed by atoms with Gasteiger partial charge in [-0.25, -0.2) is 9.97 Å². The molecule has 0 unspecified atom stereocenters. The van der Waals surface area contributed by atoms with Crippen LogP contribution in [0.1, 0.15) is 47.8 Å². The summed E-state index contributed by atoms with van der Waals surface area (Å²) < 4.78 is 0. The lowest BCUT2D eigenvalue weighted by molar-refractivity contribution is 0.186. The molecule has 34 heavy (non-hydrogen) atoms. The van der Waals surface area contributed by atoms with E-state index in [-0.39, 0.29) is 18.1 Å². The molecule has 0 saturated carbocycles. The highest BCUT2D eigenvalue weighted by Gasteiger charge is 2.46. The van der Waals surface area contributed by atoms with Crippen LogP contribution in [0.15, 0.2) is 60.8 Å². The Balaban J connectivity index is 1.20. The highest BCUT2D eigenvalue weighted by Crippen LogP contribution is 2.50. The molecule has 1 fully saturated rings. The van der Waals surface area contributed by atoms with Gasteiger partial charge in [0.05, 0.1) is 12.8 Å². The molecule has 2 aromatic carbocycles. The second-order valence-electron chi connectivity index (χ2n) is 9.23. The Labute approximate surface area is 201 Å². The number of piperidine rings is 1. The van der Waals surface area contributed by atoms with Gasteiger partial charge in [0.15, 0.2) is 5.82 Å². The van der Waals surface area contributed by atoms with Gasteiger partial charge >= 0.3 is 0 Å². The van der Waals surface area contributed by atoms with Crippen LogP contribution in [-0.4, -0.2) is 34.7 Å². The molecule has 0 bridgehead atoms. The molecule has 2 heterocycles. The van der Waals surface area contributed by atoms with Crippen molar-refractivity contribution < 1.29 is 5.11 Å². The summed E-state index contributed by atoms with van der Waals surface area (Å²) in [7, 11) is 0. The van der Waals surface area contributed by atoms with E-state index >= 15 is 0 Å². The van der Waals surface area contributed by atoms with Crippen LogP contribution in [0.25, 0.3) is 0 Å². The van der Waals surface area contributed by atoms with Crippen molar-refractivity contribution in [3.8, 4) is 11.8 Å². The highest BCUT2D eigenvalue weighted by atomic mass is 16.3. The lowest BCUT2D eigenvalue weighted by Gasteiger charge is -2.42. The predicted octanol–water partition coefficient (Wildman–Crippen LogP) is 3.67. The van der Waals surface area contributed by atoms with E-state index in [0.717, 1.165) is 50.4 Å². The number of aliphatic hydroxyl groups is 1. The normalized spacial score (nSPS) is 18.3. The Morgan fingerprint density at radius 2 is 1.85 bits per heavy atom. The van der Waals surface area contributed by atoms with Crippen LogP contribution < -0.4 is 16.0 Å². The van der Waals surface area contributed by atoms with Crippen LogP contribution in [0.5, 0.6) is 0 Å². The summed E-state index contributed by atoms with van der Waals surface area (Å²) in [6.45, 7) is 2.33. The van der Waals surface area contributed by atoms with Crippen molar-refractivity contribution in [1.82, 2.24) is 9.97 Å². The van der Waals surface area contributed by atoms with E-state index in [4.69, 9.17) is 5.73 Å². The molecule has 6 nitrogen and oxygen atoms in total. The van der Waals surface area contributed by atoms with E-state index in [2.05, 4.69) is 56.3 Å². The third kappa shape index (κ3) is 4.50. The molecule has 5 rings (SSSR count). The molecule has 0 radical (unpaired) electrons. The number of nitrogens with zero attached hydrogens (tertiary/aromatic N) is 3. The zero-order valence-electron chi connectivity index (χ0n) is 19.4. The molecule has 174 valence electrons. The van der Waals surface area contributed by atoms with Crippen molar-refractivity contribution in [1.29, 1.82) is 0 Å². The van der Waals surface area contributed by atoms with Gasteiger partial charge in [-0.3, -0.25) is 0 Å². The van der Waals surface area contributed by atoms with Crippen LogP contribution in [0.3, 0.4) is 0 Å². The summed E-state index contributed by atoms with van der Waals surface area (Å²) in [5.41, 5.74) is 11.8. The van der Waals surface area contributed by atoms with Crippen molar-refractivity contribution >= 4 is 11.5 Å². The van der Waals surface area contributed by atoms with Gasteiger partial charge in [0.2, 0.25) is 0 Å². The third-order valence-electron chi connectivity index (χ3n) is 7.19. The minimum atomic E-state index is -0.153. The molecule has 1 atom stereocenters. The maximum Gasteiger partial charge on any atom is 0.152 e. The SMILES string of the molecule is N[C@@H]1c2ccccc2CC12CCN(c1ncc(C#CCCNc3ccccc3)nc1CO)CC2. The van der Waals surface area contributed by atoms with E-state index < -0.39 is 0 Å². The summed E-state index contributed by atoms with van der Waals surface area (Å²) in [5.74, 6) is 6.99. The molecule has 2 aliphatic rings. The lowest BCUT2D eigenvalue weighted by Crippen LogP contribution is -2.45. The number of para-hydroxylation sites is 1. The second-order valence-corrected chi connectivity index (χ2v) is 9.23. The maximum atomic E-state index is 9.97. The van der Waals surface area contributed by atoms with Gasteiger partial charge in [-0.1, -0.05) is 48.4 Å². The van der Waals surface area contributed by atoms with Crippen molar-refractivity contribution in [2.75, 3.05) is 29.9 Å². The summed E-state index contributed by atoms with van der Waals surface area (Å²) in [5, 5.41) is 13.3. The number of fused-ring (bicyclic) bond motifs is 1. The number of hydrogen-bond acceptors (Lipinski definition) is 6. The second kappa shape index (κ2) is 9.84. The molecule has 4 N–H and O–H groups in total. The summed E-state index contributed by atoms with van der Waals surface area (Å²) in [6, 6.07) is 18.7. The quantitative estimate of drug-likeness (QED) is 0.404. The molecule has 0 amide bonds. The van der Waals surface area contributed by atoms with Crippen molar-refractivity contribution in [3.05, 3.63) is 83.3 Å². The number of rotatable bonds is 5. The summed E-state index contributed by atoms with van der Waals surface area (Å²) in [4.78, 5) is 11.5. The minimum absolute atomic E-state index is 0.0864. The van der Waals surface area contributed by atoms with Gasteiger partial charge in [-0.2, -0.15) is 0 Å². The Bertz CT molecular complexity index is 1190. The van der Waals surface area contributed by atoms with Gasteiger partial charge in [0.25, 0.3) is 0 Å². The number of anilines is 2. The Morgan fingerprint density at radius 3 is 2.62 bits per heavy atom. The van der Waals surface area contributed by atoms with E-state index in [9.17, 15) is 5.11 Å². The number of hydrogen-bond donors (Lipinski definition) is 3. The van der Waals surface area contributed by atoms with Gasteiger partial charge in [0, 0.05) is 37.8 Å².